The summed E-state index contributed by atoms with van der Waals surface area (Å²) in [7, 11) is 0. The summed E-state index contributed by atoms with van der Waals surface area (Å²) in [6, 6.07) is 8.91. The van der Waals surface area contributed by atoms with Crippen LogP contribution in [0.1, 0.15) is 35.8 Å². The predicted molar refractivity (Wildman–Crippen MR) is 58.2 cm³/mol. The molecule has 0 radical (unpaired) electrons. The highest BCUT2D eigenvalue weighted by Gasteiger charge is 2.39. The van der Waals surface area contributed by atoms with Gasteiger partial charge in [0.25, 0.3) is 0 Å². The molecule has 0 spiro atoms. The molecule has 1 saturated carbocycles. The average molecular weight is 235 g/mol. The van der Waals surface area contributed by atoms with Gasteiger partial charge in [-0.15, -0.1) is 0 Å². The smallest absolute Gasteiger partial charge is 0.00654 e. The van der Waals surface area contributed by atoms with E-state index in [0.717, 1.165) is 11.8 Å². The van der Waals surface area contributed by atoms with Crippen LogP contribution in [-0.2, 0) is 0 Å². The van der Waals surface area contributed by atoms with Crippen LogP contribution in [0.4, 0.5) is 0 Å². The molecule has 2 aliphatic carbocycles. The molecule has 3 rings (SSSR count). The Balaban J connectivity index is 2.17. The van der Waals surface area contributed by atoms with E-state index in [1.807, 2.05) is 0 Å². The molecule has 0 aliphatic heterocycles. The molecule has 1 aromatic rings. The highest BCUT2D eigenvalue weighted by atomic mass is 79.9. The first kappa shape index (κ1) is 7.81. The summed E-state index contributed by atoms with van der Waals surface area (Å²) in [5.74, 6) is 1.53. The molecule has 0 heterocycles. The minimum atomic E-state index is 0.723. The van der Waals surface area contributed by atoms with Gasteiger partial charge in [-0.1, -0.05) is 45.8 Å². The monoisotopic (exact) mass is 234 g/mol. The fourth-order valence-corrected chi connectivity index (χ4v) is 3.34. The molecule has 0 aromatic heterocycles. The Hall–Kier alpha value is -0.560. The van der Waals surface area contributed by atoms with Crippen molar-refractivity contribution in [1.82, 2.24) is 0 Å². The van der Waals surface area contributed by atoms with Gasteiger partial charge in [0.15, 0.2) is 0 Å². The molecular weight excluding hydrogens is 224 g/mol. The second-order valence-corrected chi connectivity index (χ2v) is 4.46. The number of rotatable bonds is 0. The molecule has 1 aromatic carbocycles. The van der Waals surface area contributed by atoms with Crippen molar-refractivity contribution in [2.24, 2.45) is 0 Å². The van der Waals surface area contributed by atoms with Crippen LogP contribution in [0.15, 0.2) is 34.8 Å². The van der Waals surface area contributed by atoms with Crippen molar-refractivity contribution in [3.63, 3.8) is 0 Å². The van der Waals surface area contributed by atoms with E-state index in [1.165, 1.54) is 12.8 Å². The van der Waals surface area contributed by atoms with Crippen LogP contribution in [-0.4, -0.2) is 0 Å². The number of fused-ring (bicyclic) bond motifs is 5. The summed E-state index contributed by atoms with van der Waals surface area (Å²) in [5, 5.41) is 0. The summed E-state index contributed by atoms with van der Waals surface area (Å²) in [6.07, 6.45) is 2.61. The minimum Gasteiger partial charge on any atom is -0.0620 e. The highest BCUT2D eigenvalue weighted by molar-refractivity contribution is 9.11. The number of hydrogen-bond acceptors (Lipinski definition) is 0. The molecule has 2 aliphatic rings. The number of hydrogen-bond donors (Lipinski definition) is 0. The Morgan fingerprint density at radius 2 is 2.00 bits per heavy atom. The number of allylic oxidation sites excluding steroid dienone is 1. The van der Waals surface area contributed by atoms with Crippen LogP contribution < -0.4 is 0 Å². The first-order valence-corrected chi connectivity index (χ1v) is 5.69. The predicted octanol–water partition coefficient (Wildman–Crippen LogP) is 3.94. The van der Waals surface area contributed by atoms with Gasteiger partial charge < -0.3 is 0 Å². The zero-order valence-electron chi connectivity index (χ0n) is 7.33. The van der Waals surface area contributed by atoms with Crippen molar-refractivity contribution in [3.05, 3.63) is 46.0 Å². The third kappa shape index (κ3) is 0.969. The van der Waals surface area contributed by atoms with Gasteiger partial charge in [-0.25, -0.2) is 0 Å². The van der Waals surface area contributed by atoms with Crippen LogP contribution in [0.5, 0.6) is 0 Å². The van der Waals surface area contributed by atoms with Gasteiger partial charge in [0.05, 0.1) is 0 Å². The van der Waals surface area contributed by atoms with Gasteiger partial charge in [-0.2, -0.15) is 0 Å². The number of halogens is 1. The fourth-order valence-electron chi connectivity index (χ4n) is 2.83. The van der Waals surface area contributed by atoms with Crippen molar-refractivity contribution in [2.45, 2.75) is 24.7 Å². The minimum absolute atomic E-state index is 0.723. The van der Waals surface area contributed by atoms with E-state index in [4.69, 9.17) is 0 Å². The lowest BCUT2D eigenvalue weighted by atomic mass is 9.89. The van der Waals surface area contributed by atoms with Crippen LogP contribution in [0.25, 0.3) is 0 Å². The first-order valence-electron chi connectivity index (χ1n) is 4.78. The molecule has 0 nitrogen and oxygen atoms in total. The Bertz CT molecular complexity index is 378. The molecule has 66 valence electrons. The van der Waals surface area contributed by atoms with Gasteiger partial charge in [0.1, 0.15) is 0 Å². The maximum absolute atomic E-state index is 3.47. The highest BCUT2D eigenvalue weighted by Crippen LogP contribution is 2.55. The second-order valence-electron chi connectivity index (χ2n) is 4.00. The Morgan fingerprint density at radius 3 is 2.77 bits per heavy atom. The Labute approximate surface area is 86.8 Å². The van der Waals surface area contributed by atoms with Crippen LogP contribution in [0.2, 0.25) is 0 Å². The van der Waals surface area contributed by atoms with E-state index in [0.29, 0.717) is 0 Å². The molecule has 2 bridgehead atoms. The molecule has 1 fully saturated rings. The van der Waals surface area contributed by atoms with Crippen LogP contribution in [0, 0.1) is 0 Å². The van der Waals surface area contributed by atoms with Crippen molar-refractivity contribution >= 4 is 15.9 Å². The molecule has 13 heavy (non-hydrogen) atoms. The standard InChI is InChI=1S/C12H11Br/c13-7-9-5-8-6-12(9)11-4-2-1-3-10(8)11/h1-4,7-8,12H,5-6H2/b9-7+/t8-,12-/m0/s1. The van der Waals surface area contributed by atoms with Gasteiger partial charge in [-0.05, 0) is 34.9 Å². The van der Waals surface area contributed by atoms with E-state index >= 15 is 0 Å². The van der Waals surface area contributed by atoms with Crippen molar-refractivity contribution < 1.29 is 0 Å². The quantitative estimate of drug-likeness (QED) is 0.638. The van der Waals surface area contributed by atoms with Gasteiger partial charge in [0.2, 0.25) is 0 Å². The maximum atomic E-state index is 3.47. The third-order valence-electron chi connectivity index (χ3n) is 3.40. The summed E-state index contributed by atoms with van der Waals surface area (Å²) < 4.78 is 0. The largest absolute Gasteiger partial charge is 0.0620 e. The summed E-state index contributed by atoms with van der Waals surface area (Å²) in [4.78, 5) is 2.13. The zero-order valence-corrected chi connectivity index (χ0v) is 8.92. The Morgan fingerprint density at radius 1 is 1.23 bits per heavy atom. The van der Waals surface area contributed by atoms with Gasteiger partial charge >= 0.3 is 0 Å². The number of benzene rings is 1. The van der Waals surface area contributed by atoms with Crippen molar-refractivity contribution in [1.29, 1.82) is 0 Å². The lowest BCUT2D eigenvalue weighted by Gasteiger charge is -2.16. The molecule has 1 heteroatoms. The van der Waals surface area contributed by atoms with Gasteiger partial charge in [0, 0.05) is 5.92 Å². The van der Waals surface area contributed by atoms with E-state index in [9.17, 15) is 0 Å². The second kappa shape index (κ2) is 2.71. The molecular formula is C12H11Br. The SMILES string of the molecule is Br/C=C1\C[C@H]2C[C@@H]1c1ccccc12. The zero-order chi connectivity index (χ0) is 8.84. The topological polar surface area (TPSA) is 0 Å². The summed E-state index contributed by atoms with van der Waals surface area (Å²) in [6.45, 7) is 0. The van der Waals surface area contributed by atoms with E-state index < -0.39 is 0 Å². The lowest BCUT2D eigenvalue weighted by molar-refractivity contribution is 0.757. The molecule has 0 saturated heterocycles. The van der Waals surface area contributed by atoms with Crippen LogP contribution in [0.3, 0.4) is 0 Å². The van der Waals surface area contributed by atoms with E-state index in [-0.39, 0.29) is 0 Å². The van der Waals surface area contributed by atoms with Gasteiger partial charge in [-0.3, -0.25) is 0 Å². The molecule has 0 amide bonds. The summed E-state index contributed by atoms with van der Waals surface area (Å²) in [5.41, 5.74) is 4.76. The fraction of sp³-hybridized carbons (Fsp3) is 0.333. The van der Waals surface area contributed by atoms with Crippen molar-refractivity contribution in [3.8, 4) is 0 Å². The maximum Gasteiger partial charge on any atom is 0.00654 e. The van der Waals surface area contributed by atoms with Crippen molar-refractivity contribution in [2.75, 3.05) is 0 Å². The molecule has 0 unspecified atom stereocenters. The third-order valence-corrected chi connectivity index (χ3v) is 3.99. The normalized spacial score (nSPS) is 32.5. The Kier molecular flexibility index (Phi) is 1.63. The average Bonchev–Trinajstić information content (AvgIpc) is 2.75. The van der Waals surface area contributed by atoms with E-state index in [2.05, 4.69) is 45.2 Å². The lowest BCUT2D eigenvalue weighted by Crippen LogP contribution is -1.99. The van der Waals surface area contributed by atoms with E-state index in [1.54, 1.807) is 16.7 Å². The molecule has 2 atom stereocenters. The summed E-state index contributed by atoms with van der Waals surface area (Å²) >= 11 is 3.47. The first-order chi connectivity index (χ1) is 6.40. The molecule has 0 N–H and O–H groups in total. The van der Waals surface area contributed by atoms with Crippen LogP contribution >= 0.6 is 15.9 Å².